The Morgan fingerprint density at radius 3 is 2.35 bits per heavy atom. The van der Waals surface area contributed by atoms with Crippen molar-refractivity contribution in [3.05, 3.63) is 70.3 Å². The van der Waals surface area contributed by atoms with Crippen molar-refractivity contribution in [2.45, 2.75) is 71.1 Å². The van der Waals surface area contributed by atoms with Crippen molar-refractivity contribution in [1.29, 1.82) is 0 Å². The smallest absolute Gasteiger partial charge is 0.162 e. The highest BCUT2D eigenvalue weighted by Crippen LogP contribution is 2.31. The van der Waals surface area contributed by atoms with Gasteiger partial charge in [-0.15, -0.1) is 0 Å². The second-order valence-corrected chi connectivity index (χ2v) is 7.77. The Bertz CT molecular complexity index is 703. The van der Waals surface area contributed by atoms with Crippen LogP contribution in [0.3, 0.4) is 0 Å². The van der Waals surface area contributed by atoms with E-state index in [1.54, 1.807) is 6.07 Å². The molecule has 1 aliphatic rings. The van der Waals surface area contributed by atoms with E-state index in [0.717, 1.165) is 31.2 Å². The van der Waals surface area contributed by atoms with Crippen LogP contribution in [0, 0.1) is 17.6 Å². The summed E-state index contributed by atoms with van der Waals surface area (Å²) in [6, 6.07) is 12.0. The molecule has 1 aliphatic carbocycles. The van der Waals surface area contributed by atoms with Crippen LogP contribution < -0.4 is 0 Å². The van der Waals surface area contributed by atoms with Gasteiger partial charge in [0.05, 0.1) is 0 Å². The molecule has 140 valence electrons. The number of unbranched alkanes of at least 4 members (excludes halogenated alkanes) is 3. The number of benzene rings is 2. The summed E-state index contributed by atoms with van der Waals surface area (Å²) in [5.74, 6) is -0.883. The minimum atomic E-state index is -0.709. The molecule has 0 spiro atoms. The highest BCUT2D eigenvalue weighted by atomic mass is 19.2. The van der Waals surface area contributed by atoms with Gasteiger partial charge in [0.1, 0.15) is 0 Å². The van der Waals surface area contributed by atoms with E-state index in [1.807, 2.05) is 0 Å². The lowest BCUT2D eigenvalue weighted by Crippen LogP contribution is -2.17. The summed E-state index contributed by atoms with van der Waals surface area (Å²) in [6.07, 6.45) is 11.1. The summed E-state index contributed by atoms with van der Waals surface area (Å²) in [5, 5.41) is 0. The quantitative estimate of drug-likeness (QED) is 0.455. The normalized spacial score (nSPS) is 16.5. The van der Waals surface area contributed by atoms with Crippen LogP contribution >= 0.6 is 0 Å². The van der Waals surface area contributed by atoms with E-state index < -0.39 is 11.6 Å². The first kappa shape index (κ1) is 19.1. The van der Waals surface area contributed by atoms with E-state index in [0.29, 0.717) is 17.9 Å². The molecule has 1 unspecified atom stereocenters. The Labute approximate surface area is 156 Å². The van der Waals surface area contributed by atoms with Crippen LogP contribution in [0.2, 0.25) is 0 Å². The van der Waals surface area contributed by atoms with Crippen LogP contribution in [0.1, 0.15) is 67.7 Å². The summed E-state index contributed by atoms with van der Waals surface area (Å²) >= 11 is 0. The maximum absolute atomic E-state index is 14.0. The lowest BCUT2D eigenvalue weighted by molar-refractivity contribution is 0.405. The molecule has 0 N–H and O–H groups in total. The van der Waals surface area contributed by atoms with Gasteiger partial charge in [-0.2, -0.15) is 0 Å². The van der Waals surface area contributed by atoms with Gasteiger partial charge < -0.3 is 0 Å². The first-order valence-corrected chi connectivity index (χ1v) is 10.2. The number of aryl methyl sites for hydroxylation is 3. The maximum atomic E-state index is 14.0. The standard InChI is InChI=1S/C24H30F2/c1-2-3-4-5-6-18-7-9-19(10-8-18)11-12-20-13-14-21-15-16-23(25)24(26)22(21)17-20/h7-10,15-16,20H,2-6,11-14,17H2,1H3. The molecule has 1 atom stereocenters. The van der Waals surface area contributed by atoms with Crippen molar-refractivity contribution in [2.24, 2.45) is 5.92 Å². The highest BCUT2D eigenvalue weighted by molar-refractivity contribution is 5.32. The third kappa shape index (κ3) is 4.93. The zero-order chi connectivity index (χ0) is 18.4. The first-order valence-electron chi connectivity index (χ1n) is 10.2. The Kier molecular flexibility index (Phi) is 6.82. The maximum Gasteiger partial charge on any atom is 0.162 e. The fraction of sp³-hybridized carbons (Fsp3) is 0.500. The van der Waals surface area contributed by atoms with Crippen LogP contribution in [0.15, 0.2) is 36.4 Å². The molecule has 0 aliphatic heterocycles. The Morgan fingerprint density at radius 2 is 1.62 bits per heavy atom. The molecule has 26 heavy (non-hydrogen) atoms. The molecule has 0 amide bonds. The Balaban J connectivity index is 1.49. The van der Waals surface area contributed by atoms with E-state index in [9.17, 15) is 8.78 Å². The van der Waals surface area contributed by atoms with Crippen molar-refractivity contribution >= 4 is 0 Å². The fourth-order valence-electron chi connectivity index (χ4n) is 4.08. The number of fused-ring (bicyclic) bond motifs is 1. The van der Waals surface area contributed by atoms with Gasteiger partial charge in [-0.25, -0.2) is 8.78 Å². The molecular weight excluding hydrogens is 326 g/mol. The molecular formula is C24H30F2. The van der Waals surface area contributed by atoms with Gasteiger partial charge in [0.25, 0.3) is 0 Å². The van der Waals surface area contributed by atoms with Crippen molar-refractivity contribution in [3.63, 3.8) is 0 Å². The number of rotatable bonds is 8. The van der Waals surface area contributed by atoms with Gasteiger partial charge in [0, 0.05) is 0 Å². The summed E-state index contributed by atoms with van der Waals surface area (Å²) < 4.78 is 27.5. The second-order valence-electron chi connectivity index (χ2n) is 7.77. The zero-order valence-electron chi connectivity index (χ0n) is 15.9. The molecule has 2 aromatic carbocycles. The second kappa shape index (κ2) is 9.30. The molecule has 0 saturated heterocycles. The predicted octanol–water partition coefficient (Wildman–Crippen LogP) is 6.83. The van der Waals surface area contributed by atoms with Crippen LogP contribution in [0.25, 0.3) is 0 Å². The van der Waals surface area contributed by atoms with Gasteiger partial charge >= 0.3 is 0 Å². The Hall–Kier alpha value is -1.70. The predicted molar refractivity (Wildman–Crippen MR) is 104 cm³/mol. The van der Waals surface area contributed by atoms with E-state index in [-0.39, 0.29) is 0 Å². The highest BCUT2D eigenvalue weighted by Gasteiger charge is 2.23. The number of hydrogen-bond donors (Lipinski definition) is 0. The minimum Gasteiger partial charge on any atom is -0.204 e. The molecule has 2 heteroatoms. The van der Waals surface area contributed by atoms with Crippen molar-refractivity contribution in [3.8, 4) is 0 Å². The SMILES string of the molecule is CCCCCCc1ccc(CCC2CCc3ccc(F)c(F)c3C2)cc1. The monoisotopic (exact) mass is 356 g/mol. The van der Waals surface area contributed by atoms with Gasteiger partial charge in [-0.05, 0) is 79.2 Å². The van der Waals surface area contributed by atoms with Crippen molar-refractivity contribution < 1.29 is 8.78 Å². The molecule has 0 fully saturated rings. The van der Waals surface area contributed by atoms with Crippen LogP contribution in [-0.2, 0) is 25.7 Å². The molecule has 0 radical (unpaired) electrons. The van der Waals surface area contributed by atoms with Gasteiger partial charge in [0.15, 0.2) is 11.6 Å². The molecule has 0 aromatic heterocycles. The van der Waals surface area contributed by atoms with Crippen molar-refractivity contribution in [1.82, 2.24) is 0 Å². The van der Waals surface area contributed by atoms with Crippen molar-refractivity contribution in [2.75, 3.05) is 0 Å². The minimum absolute atomic E-state index is 0.451. The van der Waals surface area contributed by atoms with Gasteiger partial charge in [-0.3, -0.25) is 0 Å². The largest absolute Gasteiger partial charge is 0.204 e. The molecule has 0 heterocycles. The van der Waals surface area contributed by atoms with E-state index >= 15 is 0 Å². The average molecular weight is 357 g/mol. The lowest BCUT2D eigenvalue weighted by atomic mass is 9.81. The lowest BCUT2D eigenvalue weighted by Gasteiger charge is -2.25. The van der Waals surface area contributed by atoms with Gasteiger partial charge in [0.2, 0.25) is 0 Å². The first-order chi connectivity index (χ1) is 12.7. The van der Waals surface area contributed by atoms with Gasteiger partial charge in [-0.1, -0.05) is 56.5 Å². The van der Waals surface area contributed by atoms with E-state index in [4.69, 9.17) is 0 Å². The molecule has 3 rings (SSSR count). The molecule has 2 aromatic rings. The number of hydrogen-bond acceptors (Lipinski definition) is 0. The zero-order valence-corrected chi connectivity index (χ0v) is 15.9. The summed E-state index contributed by atoms with van der Waals surface area (Å²) in [5.41, 5.74) is 4.39. The summed E-state index contributed by atoms with van der Waals surface area (Å²) in [4.78, 5) is 0. The third-order valence-corrected chi connectivity index (χ3v) is 5.79. The molecule has 0 saturated carbocycles. The topological polar surface area (TPSA) is 0 Å². The Morgan fingerprint density at radius 1 is 0.885 bits per heavy atom. The van der Waals surface area contributed by atoms with Crippen LogP contribution in [0.5, 0.6) is 0 Å². The summed E-state index contributed by atoms with van der Waals surface area (Å²) in [6.45, 7) is 2.24. The van der Waals surface area contributed by atoms with Crippen LogP contribution in [0.4, 0.5) is 8.78 Å². The van der Waals surface area contributed by atoms with Crippen LogP contribution in [-0.4, -0.2) is 0 Å². The van der Waals surface area contributed by atoms with E-state index in [2.05, 4.69) is 31.2 Å². The number of halogens is 2. The molecule has 0 bridgehead atoms. The average Bonchev–Trinajstić information content (AvgIpc) is 2.67. The third-order valence-electron chi connectivity index (χ3n) is 5.79. The van der Waals surface area contributed by atoms with E-state index in [1.165, 1.54) is 49.3 Å². The molecule has 0 nitrogen and oxygen atoms in total. The fourth-order valence-corrected chi connectivity index (χ4v) is 4.08. The summed E-state index contributed by atoms with van der Waals surface area (Å²) in [7, 11) is 0.